The lowest BCUT2D eigenvalue weighted by molar-refractivity contribution is 0.0939. The summed E-state index contributed by atoms with van der Waals surface area (Å²) in [5.41, 5.74) is 1.38. The highest BCUT2D eigenvalue weighted by Gasteiger charge is 2.13. The molecule has 1 N–H and O–H groups in total. The zero-order valence-electron chi connectivity index (χ0n) is 10.2. The number of halogens is 2. The molecule has 1 atom stereocenters. The molecule has 0 saturated carbocycles. The number of rotatable bonds is 3. The molecule has 0 radical (unpaired) electrons. The second-order valence-corrected chi connectivity index (χ2v) is 5.65. The van der Waals surface area contributed by atoms with E-state index in [1.54, 1.807) is 18.3 Å². The van der Waals surface area contributed by atoms with E-state index in [2.05, 4.69) is 32.9 Å². The van der Waals surface area contributed by atoms with Crippen molar-refractivity contribution in [2.75, 3.05) is 0 Å². The molecule has 1 unspecified atom stereocenters. The van der Waals surface area contributed by atoms with Crippen molar-refractivity contribution < 1.29 is 4.79 Å². The first-order chi connectivity index (χ1) is 9.08. The molecule has 1 amide bonds. The molecular formula is C14H12ClIN2O. The summed E-state index contributed by atoms with van der Waals surface area (Å²) in [5.74, 6) is -0.156. The van der Waals surface area contributed by atoms with E-state index in [0.29, 0.717) is 10.6 Å². The van der Waals surface area contributed by atoms with E-state index in [4.69, 9.17) is 11.6 Å². The molecule has 19 heavy (non-hydrogen) atoms. The summed E-state index contributed by atoms with van der Waals surface area (Å²) in [6.45, 7) is 1.90. The van der Waals surface area contributed by atoms with Gasteiger partial charge in [0.25, 0.3) is 5.91 Å². The molecule has 0 spiro atoms. The molecule has 1 heterocycles. The molecule has 98 valence electrons. The Hall–Kier alpha value is -1.14. The van der Waals surface area contributed by atoms with Crippen LogP contribution in [0.15, 0.2) is 42.6 Å². The fourth-order valence-electron chi connectivity index (χ4n) is 1.62. The van der Waals surface area contributed by atoms with Gasteiger partial charge in [-0.1, -0.05) is 17.7 Å². The number of nitrogens with one attached hydrogen (secondary N) is 1. The Labute approximate surface area is 130 Å². The fourth-order valence-corrected chi connectivity index (χ4v) is 2.14. The van der Waals surface area contributed by atoms with Crippen LogP contribution in [0.2, 0.25) is 5.02 Å². The molecule has 1 aromatic carbocycles. The summed E-state index contributed by atoms with van der Waals surface area (Å²) < 4.78 is 0.925. The monoisotopic (exact) mass is 386 g/mol. The first kappa shape index (κ1) is 14.3. The number of aromatic nitrogens is 1. The van der Waals surface area contributed by atoms with Crippen LogP contribution in [0.5, 0.6) is 0 Å². The van der Waals surface area contributed by atoms with Crippen molar-refractivity contribution in [2.45, 2.75) is 13.0 Å². The fraction of sp³-hybridized carbons (Fsp3) is 0.143. The van der Waals surface area contributed by atoms with Crippen molar-refractivity contribution >= 4 is 40.1 Å². The van der Waals surface area contributed by atoms with Gasteiger partial charge in [0.2, 0.25) is 0 Å². The van der Waals surface area contributed by atoms with Crippen LogP contribution >= 0.6 is 34.2 Å². The van der Waals surface area contributed by atoms with E-state index in [1.807, 2.05) is 31.2 Å². The highest BCUT2D eigenvalue weighted by Crippen LogP contribution is 2.20. The van der Waals surface area contributed by atoms with Crippen LogP contribution in [0.25, 0.3) is 0 Å². The quantitative estimate of drug-likeness (QED) is 0.815. The highest BCUT2D eigenvalue weighted by molar-refractivity contribution is 14.1. The molecule has 0 aliphatic carbocycles. The molecule has 0 aliphatic rings. The molecular weight excluding hydrogens is 375 g/mol. The van der Waals surface area contributed by atoms with Crippen LogP contribution in [0.1, 0.15) is 29.0 Å². The summed E-state index contributed by atoms with van der Waals surface area (Å²) in [7, 11) is 0. The average Bonchev–Trinajstić information content (AvgIpc) is 2.42. The van der Waals surface area contributed by atoms with Crippen LogP contribution < -0.4 is 5.32 Å². The van der Waals surface area contributed by atoms with Gasteiger partial charge in [-0.15, -0.1) is 0 Å². The number of pyridine rings is 1. The third-order valence-electron chi connectivity index (χ3n) is 2.66. The lowest BCUT2D eigenvalue weighted by Crippen LogP contribution is -2.27. The predicted octanol–water partition coefficient (Wildman–Crippen LogP) is 3.83. The number of carbonyl (C=O) groups excluding carboxylic acids is 1. The van der Waals surface area contributed by atoms with Gasteiger partial charge in [-0.3, -0.25) is 9.78 Å². The molecule has 1 aromatic heterocycles. The molecule has 0 fully saturated rings. The summed E-state index contributed by atoms with van der Waals surface area (Å²) in [5, 5.41) is 3.48. The zero-order valence-corrected chi connectivity index (χ0v) is 13.1. The van der Waals surface area contributed by atoms with Crippen LogP contribution in [0, 0.1) is 3.57 Å². The van der Waals surface area contributed by atoms with Gasteiger partial charge in [0.15, 0.2) is 0 Å². The van der Waals surface area contributed by atoms with Crippen molar-refractivity contribution in [3.05, 3.63) is 62.4 Å². The Morgan fingerprint density at radius 1 is 1.37 bits per heavy atom. The smallest absolute Gasteiger partial charge is 0.251 e. The normalized spacial score (nSPS) is 11.9. The maximum absolute atomic E-state index is 12.1. The van der Waals surface area contributed by atoms with Gasteiger partial charge in [0, 0.05) is 15.3 Å². The third kappa shape index (κ3) is 3.67. The number of amides is 1. The summed E-state index contributed by atoms with van der Waals surface area (Å²) in [6, 6.07) is 10.7. The van der Waals surface area contributed by atoms with Crippen LogP contribution in [0.3, 0.4) is 0 Å². The molecule has 3 nitrogen and oxygen atoms in total. The predicted molar refractivity (Wildman–Crippen MR) is 84.3 cm³/mol. The first-order valence-electron chi connectivity index (χ1n) is 5.75. The molecule has 5 heteroatoms. The molecule has 2 rings (SSSR count). The van der Waals surface area contributed by atoms with E-state index >= 15 is 0 Å². The first-order valence-corrected chi connectivity index (χ1v) is 7.20. The van der Waals surface area contributed by atoms with Crippen molar-refractivity contribution in [2.24, 2.45) is 0 Å². The van der Waals surface area contributed by atoms with Gasteiger partial charge >= 0.3 is 0 Å². The van der Waals surface area contributed by atoms with Gasteiger partial charge in [0.1, 0.15) is 0 Å². The Kier molecular flexibility index (Phi) is 4.76. The van der Waals surface area contributed by atoms with E-state index in [1.165, 1.54) is 0 Å². The van der Waals surface area contributed by atoms with Gasteiger partial charge in [-0.2, -0.15) is 0 Å². The zero-order chi connectivity index (χ0) is 13.8. The topological polar surface area (TPSA) is 42.0 Å². The van der Waals surface area contributed by atoms with Gasteiger partial charge < -0.3 is 5.32 Å². The van der Waals surface area contributed by atoms with E-state index in [9.17, 15) is 4.79 Å². The second kappa shape index (κ2) is 6.34. The maximum atomic E-state index is 12.1. The number of nitrogens with zero attached hydrogens (tertiary/aromatic N) is 1. The number of hydrogen-bond acceptors (Lipinski definition) is 2. The summed E-state index contributed by atoms with van der Waals surface area (Å²) in [6.07, 6.45) is 1.71. The minimum atomic E-state index is -0.156. The van der Waals surface area contributed by atoms with Gasteiger partial charge in [-0.25, -0.2) is 0 Å². The van der Waals surface area contributed by atoms with Crippen LogP contribution in [-0.4, -0.2) is 10.9 Å². The van der Waals surface area contributed by atoms with Crippen molar-refractivity contribution in [3.63, 3.8) is 0 Å². The SMILES string of the molecule is CC(NC(=O)c1ccc(I)c(Cl)c1)c1ccccn1. The van der Waals surface area contributed by atoms with Gasteiger partial charge in [-0.05, 0) is 59.8 Å². The molecule has 0 bridgehead atoms. The van der Waals surface area contributed by atoms with Crippen molar-refractivity contribution in [3.8, 4) is 0 Å². The molecule has 2 aromatic rings. The highest BCUT2D eigenvalue weighted by atomic mass is 127. The number of hydrogen-bond donors (Lipinski definition) is 1. The average molecular weight is 387 g/mol. The van der Waals surface area contributed by atoms with Crippen molar-refractivity contribution in [1.82, 2.24) is 10.3 Å². The third-order valence-corrected chi connectivity index (χ3v) is 4.23. The molecule has 0 aliphatic heterocycles. The molecule has 0 saturated heterocycles. The van der Waals surface area contributed by atoms with Crippen LogP contribution in [0.4, 0.5) is 0 Å². The Balaban J connectivity index is 2.11. The van der Waals surface area contributed by atoms with E-state index in [-0.39, 0.29) is 11.9 Å². The van der Waals surface area contributed by atoms with Crippen LogP contribution in [-0.2, 0) is 0 Å². The standard InChI is InChI=1S/C14H12ClIN2O/c1-9(13-4-2-3-7-17-13)18-14(19)10-5-6-12(16)11(15)8-10/h2-9H,1H3,(H,18,19). The lowest BCUT2D eigenvalue weighted by atomic mass is 10.1. The maximum Gasteiger partial charge on any atom is 0.251 e. The van der Waals surface area contributed by atoms with E-state index in [0.717, 1.165) is 9.26 Å². The largest absolute Gasteiger partial charge is 0.344 e. The Morgan fingerprint density at radius 3 is 2.79 bits per heavy atom. The second-order valence-electron chi connectivity index (χ2n) is 4.08. The number of benzene rings is 1. The number of carbonyl (C=O) groups is 1. The minimum absolute atomic E-state index is 0.147. The van der Waals surface area contributed by atoms with Gasteiger partial charge in [0.05, 0.1) is 16.8 Å². The Morgan fingerprint density at radius 2 is 2.16 bits per heavy atom. The van der Waals surface area contributed by atoms with Crippen molar-refractivity contribution in [1.29, 1.82) is 0 Å². The minimum Gasteiger partial charge on any atom is -0.344 e. The summed E-state index contributed by atoms with van der Waals surface area (Å²) >= 11 is 8.14. The Bertz CT molecular complexity index is 589. The summed E-state index contributed by atoms with van der Waals surface area (Å²) in [4.78, 5) is 16.3. The van der Waals surface area contributed by atoms with E-state index < -0.39 is 0 Å². The lowest BCUT2D eigenvalue weighted by Gasteiger charge is -2.13.